The number of aromatic amines is 1. The Hall–Kier alpha value is -2.47. The van der Waals surface area contributed by atoms with Gasteiger partial charge in [0.05, 0.1) is 39.2 Å². The molecule has 0 spiro atoms. The van der Waals surface area contributed by atoms with Crippen molar-refractivity contribution in [2.24, 2.45) is 0 Å². The molecule has 0 atom stereocenters. The molecule has 30 heavy (non-hydrogen) atoms. The number of benzene rings is 1. The molecule has 0 saturated carbocycles. The van der Waals surface area contributed by atoms with E-state index in [9.17, 15) is 13.2 Å². The first-order chi connectivity index (χ1) is 14.2. The second kappa shape index (κ2) is 10.0. The number of carbonyl (C=O) groups is 1. The fraction of sp³-hybridized carbons (Fsp3) is 0.389. The number of hydrogen-bond acceptors (Lipinski definition) is 8. The SMILES string of the molecule is COC(=O)c1[nH]c(CNCCS(=O)(=O)O)c(-c2ccc(OC)c(OC)c2OC)c1Cl. The van der Waals surface area contributed by atoms with E-state index >= 15 is 0 Å². The van der Waals surface area contributed by atoms with Crippen LogP contribution in [0.1, 0.15) is 16.2 Å². The largest absolute Gasteiger partial charge is 0.493 e. The number of methoxy groups -OCH3 is 4. The van der Waals surface area contributed by atoms with Crippen LogP contribution in [0.5, 0.6) is 17.2 Å². The van der Waals surface area contributed by atoms with Gasteiger partial charge in [0.2, 0.25) is 5.75 Å². The van der Waals surface area contributed by atoms with Gasteiger partial charge in [-0.1, -0.05) is 11.6 Å². The smallest absolute Gasteiger partial charge is 0.356 e. The molecule has 0 bridgehead atoms. The molecule has 1 heterocycles. The van der Waals surface area contributed by atoms with Crippen molar-refractivity contribution in [3.63, 3.8) is 0 Å². The van der Waals surface area contributed by atoms with Gasteiger partial charge in [0.15, 0.2) is 11.5 Å². The van der Waals surface area contributed by atoms with Crippen molar-refractivity contribution in [1.82, 2.24) is 10.3 Å². The van der Waals surface area contributed by atoms with Crippen LogP contribution < -0.4 is 19.5 Å². The second-order valence-corrected chi connectivity index (χ2v) is 7.95. The number of nitrogens with one attached hydrogen (secondary N) is 2. The summed E-state index contributed by atoms with van der Waals surface area (Å²) >= 11 is 6.50. The lowest BCUT2D eigenvalue weighted by Crippen LogP contribution is -2.22. The molecule has 1 aromatic carbocycles. The molecule has 166 valence electrons. The molecule has 0 aliphatic rings. The quantitative estimate of drug-likeness (QED) is 0.275. The first-order valence-electron chi connectivity index (χ1n) is 8.62. The number of carbonyl (C=O) groups excluding carboxylic acids is 1. The first-order valence-corrected chi connectivity index (χ1v) is 10.6. The molecule has 2 rings (SSSR count). The van der Waals surface area contributed by atoms with Crippen LogP contribution in [0, 0.1) is 0 Å². The highest BCUT2D eigenvalue weighted by Crippen LogP contribution is 2.47. The van der Waals surface area contributed by atoms with E-state index in [1.54, 1.807) is 12.1 Å². The third-order valence-electron chi connectivity index (χ3n) is 4.22. The predicted molar refractivity (Wildman–Crippen MR) is 110 cm³/mol. The zero-order valence-electron chi connectivity index (χ0n) is 16.9. The van der Waals surface area contributed by atoms with Crippen LogP contribution in [-0.4, -0.2) is 64.7 Å². The highest BCUT2D eigenvalue weighted by molar-refractivity contribution is 7.85. The molecule has 3 N–H and O–H groups in total. The Kier molecular flexibility index (Phi) is 7.96. The van der Waals surface area contributed by atoms with Crippen molar-refractivity contribution in [1.29, 1.82) is 0 Å². The average molecular weight is 463 g/mol. The highest BCUT2D eigenvalue weighted by Gasteiger charge is 2.27. The molecular formula is C18H23ClN2O8S. The van der Waals surface area contributed by atoms with Crippen LogP contribution in [0.3, 0.4) is 0 Å². The number of aromatic nitrogens is 1. The lowest BCUT2D eigenvalue weighted by Gasteiger charge is -2.16. The summed E-state index contributed by atoms with van der Waals surface area (Å²) in [6.45, 7) is 0.0879. The van der Waals surface area contributed by atoms with Gasteiger partial charge in [-0.15, -0.1) is 0 Å². The van der Waals surface area contributed by atoms with Gasteiger partial charge in [-0.05, 0) is 12.1 Å². The summed E-state index contributed by atoms with van der Waals surface area (Å²) in [5.74, 6) is -0.0518. The summed E-state index contributed by atoms with van der Waals surface area (Å²) in [4.78, 5) is 15.0. The van der Waals surface area contributed by atoms with Crippen molar-refractivity contribution in [2.45, 2.75) is 6.54 Å². The van der Waals surface area contributed by atoms with Crippen LogP contribution in [0.15, 0.2) is 12.1 Å². The van der Waals surface area contributed by atoms with Crippen molar-refractivity contribution in [3.05, 3.63) is 28.5 Å². The van der Waals surface area contributed by atoms with E-state index in [0.29, 0.717) is 34.1 Å². The summed E-state index contributed by atoms with van der Waals surface area (Å²) < 4.78 is 51.7. The Labute approximate surface area is 179 Å². The highest BCUT2D eigenvalue weighted by atomic mass is 35.5. The molecule has 1 aromatic heterocycles. The topological polar surface area (TPSA) is 136 Å². The maximum atomic E-state index is 12.1. The Morgan fingerprint density at radius 2 is 1.80 bits per heavy atom. The number of ether oxygens (including phenoxy) is 4. The van der Waals surface area contributed by atoms with E-state index in [1.165, 1.54) is 28.4 Å². The molecule has 0 saturated heterocycles. The van der Waals surface area contributed by atoms with Crippen LogP contribution >= 0.6 is 11.6 Å². The summed E-state index contributed by atoms with van der Waals surface area (Å²) in [6.07, 6.45) is 0. The fourth-order valence-corrected chi connectivity index (χ4v) is 3.64. The van der Waals surface area contributed by atoms with Crippen LogP contribution in [0.2, 0.25) is 5.02 Å². The fourth-order valence-electron chi connectivity index (χ4n) is 2.89. The van der Waals surface area contributed by atoms with Crippen LogP contribution in [0.4, 0.5) is 0 Å². The average Bonchev–Trinajstić information content (AvgIpc) is 3.04. The number of H-pyrrole nitrogens is 1. The molecule has 0 fully saturated rings. The van der Waals surface area contributed by atoms with E-state index < -0.39 is 21.8 Å². The van der Waals surface area contributed by atoms with Gasteiger partial charge in [0.25, 0.3) is 10.1 Å². The van der Waals surface area contributed by atoms with Crippen molar-refractivity contribution >= 4 is 27.7 Å². The van der Waals surface area contributed by atoms with Gasteiger partial charge in [0, 0.05) is 29.9 Å². The van der Waals surface area contributed by atoms with Crippen molar-refractivity contribution < 1.29 is 36.7 Å². The summed E-state index contributed by atoms with van der Waals surface area (Å²) in [7, 11) is 1.51. The van der Waals surface area contributed by atoms with Crippen LogP contribution in [0.25, 0.3) is 11.1 Å². The lowest BCUT2D eigenvalue weighted by atomic mass is 10.0. The normalized spacial score (nSPS) is 11.3. The standard InChI is InChI=1S/C18H23ClN2O8S/c1-26-12-6-5-10(16(27-2)17(12)28-3)13-11(9-20-7-8-30(23,24)25)21-15(14(13)19)18(22)29-4/h5-6,20-21H,7-9H2,1-4H3,(H,23,24,25). The van der Waals surface area contributed by atoms with Gasteiger partial charge >= 0.3 is 5.97 Å². The molecule has 0 aliphatic carbocycles. The zero-order valence-corrected chi connectivity index (χ0v) is 18.4. The van der Waals surface area contributed by atoms with Gasteiger partial charge in [-0.2, -0.15) is 8.42 Å². The molecule has 12 heteroatoms. The second-order valence-electron chi connectivity index (χ2n) is 6.00. The maximum absolute atomic E-state index is 12.1. The van der Waals surface area contributed by atoms with Crippen molar-refractivity contribution in [2.75, 3.05) is 40.7 Å². The first kappa shape index (κ1) is 23.8. The Morgan fingerprint density at radius 1 is 1.13 bits per heavy atom. The summed E-state index contributed by atoms with van der Waals surface area (Å²) in [5.41, 5.74) is 1.45. The molecule has 0 unspecified atom stereocenters. The van der Waals surface area contributed by atoms with E-state index in [4.69, 9.17) is 35.1 Å². The van der Waals surface area contributed by atoms with Gasteiger partial charge in [0.1, 0.15) is 5.69 Å². The Bertz CT molecular complexity index is 1020. The number of halogens is 1. The Morgan fingerprint density at radius 3 is 2.33 bits per heavy atom. The number of esters is 1. The lowest BCUT2D eigenvalue weighted by molar-refractivity contribution is 0.0595. The van der Waals surface area contributed by atoms with Gasteiger partial charge in [-0.25, -0.2) is 4.79 Å². The minimum atomic E-state index is -4.11. The van der Waals surface area contributed by atoms with E-state index in [0.717, 1.165) is 0 Å². The number of hydrogen-bond donors (Lipinski definition) is 3. The monoisotopic (exact) mass is 462 g/mol. The zero-order chi connectivity index (χ0) is 22.5. The molecule has 0 radical (unpaired) electrons. The minimum Gasteiger partial charge on any atom is -0.493 e. The summed E-state index contributed by atoms with van der Waals surface area (Å²) in [6, 6.07) is 3.35. The third-order valence-corrected chi connectivity index (χ3v) is 5.32. The van der Waals surface area contributed by atoms with E-state index in [-0.39, 0.29) is 23.8 Å². The van der Waals surface area contributed by atoms with E-state index in [2.05, 4.69) is 10.3 Å². The molecule has 0 amide bonds. The molecule has 10 nitrogen and oxygen atoms in total. The maximum Gasteiger partial charge on any atom is 0.356 e. The summed E-state index contributed by atoms with van der Waals surface area (Å²) in [5, 5.41) is 2.97. The molecule has 0 aliphatic heterocycles. The van der Waals surface area contributed by atoms with Crippen molar-refractivity contribution in [3.8, 4) is 28.4 Å². The predicted octanol–water partition coefficient (Wildman–Crippen LogP) is 2.12. The number of rotatable bonds is 10. The third kappa shape index (κ3) is 5.17. The van der Waals surface area contributed by atoms with Gasteiger partial charge < -0.3 is 29.2 Å². The van der Waals surface area contributed by atoms with E-state index in [1.807, 2.05) is 0 Å². The Balaban J connectivity index is 2.57. The van der Waals surface area contributed by atoms with Gasteiger partial charge in [-0.3, -0.25) is 4.55 Å². The molecular weight excluding hydrogens is 440 g/mol. The minimum absolute atomic E-state index is 0.0223. The molecule has 2 aromatic rings. The van der Waals surface area contributed by atoms with Crippen LogP contribution in [-0.2, 0) is 21.4 Å².